The second-order valence-corrected chi connectivity index (χ2v) is 9.25. The summed E-state index contributed by atoms with van der Waals surface area (Å²) < 4.78 is 5.09. The highest BCUT2D eigenvalue weighted by molar-refractivity contribution is 6.37. The second-order valence-electron chi connectivity index (χ2n) is 8.43. The Morgan fingerprint density at radius 1 is 1.15 bits per heavy atom. The van der Waals surface area contributed by atoms with Crippen molar-refractivity contribution in [3.63, 3.8) is 0 Å². The first-order valence-electron chi connectivity index (χ1n) is 11.4. The van der Waals surface area contributed by atoms with E-state index in [1.807, 2.05) is 0 Å². The van der Waals surface area contributed by atoms with E-state index in [-0.39, 0.29) is 45.6 Å². The van der Waals surface area contributed by atoms with E-state index in [1.165, 1.54) is 49.3 Å². The van der Waals surface area contributed by atoms with Gasteiger partial charge in [-0.25, -0.2) is 10.0 Å². The van der Waals surface area contributed by atoms with Gasteiger partial charge in [-0.15, -0.1) is 0 Å². The number of aliphatic carboxylic acids is 1. The summed E-state index contributed by atoms with van der Waals surface area (Å²) in [5.74, 6) is -4.26. The van der Waals surface area contributed by atoms with Crippen molar-refractivity contribution in [2.45, 2.75) is 32.4 Å². The molecule has 2 aromatic rings. The molecule has 4 amide bonds. The molecule has 0 saturated heterocycles. The average molecular weight is 579 g/mol. The van der Waals surface area contributed by atoms with Gasteiger partial charge >= 0.3 is 5.97 Å². The quantitative estimate of drug-likeness (QED) is 0.452. The van der Waals surface area contributed by atoms with Crippen molar-refractivity contribution in [2.24, 2.45) is 0 Å². The van der Waals surface area contributed by atoms with Crippen LogP contribution in [-0.2, 0) is 24.0 Å². The van der Waals surface area contributed by atoms with Crippen molar-refractivity contribution >= 4 is 70.5 Å². The van der Waals surface area contributed by atoms with Gasteiger partial charge < -0.3 is 24.9 Å². The number of rotatable bonds is 8. The van der Waals surface area contributed by atoms with Gasteiger partial charge in [-0.05, 0) is 24.3 Å². The highest BCUT2D eigenvalue weighted by Crippen LogP contribution is 2.36. The van der Waals surface area contributed by atoms with Crippen LogP contribution in [0.1, 0.15) is 30.6 Å². The lowest BCUT2D eigenvalue weighted by molar-refractivity contribution is -0.145. The van der Waals surface area contributed by atoms with E-state index in [0.29, 0.717) is 5.01 Å². The maximum absolute atomic E-state index is 14.0. The number of carbonyl (C=O) groups is 6. The summed E-state index contributed by atoms with van der Waals surface area (Å²) in [6, 6.07) is 5.58. The minimum Gasteiger partial charge on any atom is -0.494 e. The SMILES string of the molecule is COc1c(Cl)cc(C(=O)N[C@H]2CN(C(C)=O)c3ccccc3N(N(C(C)=O)[C@H](C=O)CC(=O)O)C2=O)cc1Cl. The molecule has 0 radical (unpaired) electrons. The Morgan fingerprint density at radius 3 is 2.23 bits per heavy atom. The van der Waals surface area contributed by atoms with Crippen molar-refractivity contribution < 1.29 is 38.6 Å². The van der Waals surface area contributed by atoms with E-state index in [4.69, 9.17) is 27.9 Å². The number of nitrogens with zero attached hydrogens (tertiary/aromatic N) is 3. The number of aldehydes is 1. The molecule has 39 heavy (non-hydrogen) atoms. The van der Waals surface area contributed by atoms with Gasteiger partial charge in [0.15, 0.2) is 5.75 Å². The molecule has 1 heterocycles. The van der Waals surface area contributed by atoms with Gasteiger partial charge in [0.2, 0.25) is 11.8 Å². The Bertz CT molecular complexity index is 1330. The molecule has 0 aromatic heterocycles. The molecule has 3 rings (SSSR count). The number of fused-ring (bicyclic) bond motifs is 1. The van der Waals surface area contributed by atoms with Crippen molar-refractivity contribution in [3.05, 3.63) is 52.0 Å². The summed E-state index contributed by atoms with van der Waals surface area (Å²) in [4.78, 5) is 77.2. The summed E-state index contributed by atoms with van der Waals surface area (Å²) in [5.41, 5.74) is 0.190. The zero-order chi connectivity index (χ0) is 29.0. The Labute approximate surface area is 233 Å². The lowest BCUT2D eigenvalue weighted by atomic mass is 10.1. The standard InChI is InChI=1S/C25H24Cl2N4O8/c1-13(33)29-11-19(28-24(37)15-8-17(26)23(39-3)18(27)9-15)25(38)31(21-7-5-4-6-20(21)29)30(14(2)34)16(12-32)10-22(35)36/h4-9,12,16,19H,10-11H2,1-3H3,(H,28,37)(H,35,36)/t16-,19-/m0/s1. The number of hydrogen-bond donors (Lipinski definition) is 2. The molecule has 0 unspecified atom stereocenters. The fraction of sp³-hybridized carbons (Fsp3) is 0.280. The maximum Gasteiger partial charge on any atom is 0.305 e. The van der Waals surface area contributed by atoms with Crippen molar-refractivity contribution in [3.8, 4) is 5.75 Å². The number of benzene rings is 2. The molecule has 0 saturated carbocycles. The fourth-order valence-electron chi connectivity index (χ4n) is 4.15. The number of carbonyl (C=O) groups excluding carboxylic acids is 5. The summed E-state index contributed by atoms with van der Waals surface area (Å²) in [6.07, 6.45) is -0.570. The molecule has 0 spiro atoms. The number of amides is 4. The van der Waals surface area contributed by atoms with Crippen LogP contribution in [0.2, 0.25) is 10.0 Å². The fourth-order valence-corrected chi connectivity index (χ4v) is 4.79. The molecule has 2 atom stereocenters. The van der Waals surface area contributed by atoms with E-state index in [9.17, 15) is 33.9 Å². The first-order chi connectivity index (χ1) is 18.4. The number of hydrogen-bond acceptors (Lipinski definition) is 7. The Morgan fingerprint density at radius 2 is 1.74 bits per heavy atom. The van der Waals surface area contributed by atoms with Crippen molar-refractivity contribution in [1.29, 1.82) is 0 Å². The van der Waals surface area contributed by atoms with Gasteiger partial charge in [-0.2, -0.15) is 0 Å². The van der Waals surface area contributed by atoms with Crippen LogP contribution in [0, 0.1) is 0 Å². The Hall–Kier alpha value is -4.16. The van der Waals surface area contributed by atoms with Crippen LogP contribution in [0.4, 0.5) is 11.4 Å². The monoisotopic (exact) mass is 578 g/mol. The Balaban J connectivity index is 2.14. The summed E-state index contributed by atoms with van der Waals surface area (Å²) in [6.45, 7) is 1.96. The number of nitrogens with one attached hydrogen (secondary N) is 1. The Kier molecular flexibility index (Phi) is 9.15. The second kappa shape index (κ2) is 12.1. The zero-order valence-electron chi connectivity index (χ0n) is 21.0. The molecule has 0 bridgehead atoms. The number of halogens is 2. The third-order valence-electron chi connectivity index (χ3n) is 5.82. The van der Waals surface area contributed by atoms with Crippen LogP contribution in [0.25, 0.3) is 0 Å². The molecular weight excluding hydrogens is 555 g/mol. The van der Waals surface area contributed by atoms with Crippen molar-refractivity contribution in [2.75, 3.05) is 23.6 Å². The van der Waals surface area contributed by atoms with E-state index in [2.05, 4.69) is 5.32 Å². The minimum absolute atomic E-state index is 0.0254. The lowest BCUT2D eigenvalue weighted by Gasteiger charge is -2.38. The summed E-state index contributed by atoms with van der Waals surface area (Å²) in [5, 5.41) is 13.4. The molecular formula is C25H24Cl2N4O8. The highest BCUT2D eigenvalue weighted by atomic mass is 35.5. The number of para-hydroxylation sites is 2. The van der Waals surface area contributed by atoms with Crippen LogP contribution in [0.5, 0.6) is 5.75 Å². The van der Waals surface area contributed by atoms with E-state index < -0.39 is 48.1 Å². The van der Waals surface area contributed by atoms with Crippen LogP contribution in [0.15, 0.2) is 36.4 Å². The van der Waals surface area contributed by atoms with E-state index >= 15 is 0 Å². The average Bonchev–Trinajstić information content (AvgIpc) is 2.98. The van der Waals surface area contributed by atoms with Crippen LogP contribution >= 0.6 is 23.2 Å². The third kappa shape index (κ3) is 6.13. The third-order valence-corrected chi connectivity index (χ3v) is 6.38. The predicted molar refractivity (Wildman–Crippen MR) is 141 cm³/mol. The largest absolute Gasteiger partial charge is 0.494 e. The van der Waals surface area contributed by atoms with Gasteiger partial charge in [0.1, 0.15) is 18.4 Å². The smallest absolute Gasteiger partial charge is 0.305 e. The molecule has 14 heteroatoms. The number of ether oxygens (including phenoxy) is 1. The lowest BCUT2D eigenvalue weighted by Crippen LogP contribution is -2.60. The molecule has 2 aromatic carbocycles. The zero-order valence-corrected chi connectivity index (χ0v) is 22.5. The van der Waals surface area contributed by atoms with Gasteiger partial charge in [-0.1, -0.05) is 35.3 Å². The first-order valence-corrected chi connectivity index (χ1v) is 12.2. The molecule has 1 aliphatic heterocycles. The molecule has 0 fully saturated rings. The minimum atomic E-state index is -1.57. The van der Waals surface area contributed by atoms with Gasteiger partial charge in [0.05, 0.1) is 41.5 Å². The number of hydrazine groups is 1. The van der Waals surface area contributed by atoms with Gasteiger partial charge in [0, 0.05) is 19.4 Å². The first kappa shape index (κ1) is 29.4. The topological polar surface area (TPSA) is 154 Å². The summed E-state index contributed by atoms with van der Waals surface area (Å²) in [7, 11) is 1.34. The number of methoxy groups -OCH3 is 1. The molecule has 0 aliphatic carbocycles. The molecule has 206 valence electrons. The number of carboxylic acid groups (broad SMARTS) is 1. The van der Waals surface area contributed by atoms with Gasteiger partial charge in [-0.3, -0.25) is 24.0 Å². The highest BCUT2D eigenvalue weighted by Gasteiger charge is 2.42. The van der Waals surface area contributed by atoms with Crippen LogP contribution in [0.3, 0.4) is 0 Å². The van der Waals surface area contributed by atoms with Crippen LogP contribution < -0.4 is 20.0 Å². The predicted octanol–water partition coefficient (Wildman–Crippen LogP) is 2.31. The van der Waals surface area contributed by atoms with Gasteiger partial charge in [0.25, 0.3) is 11.8 Å². The van der Waals surface area contributed by atoms with Crippen LogP contribution in [-0.4, -0.2) is 71.7 Å². The van der Waals surface area contributed by atoms with E-state index in [0.717, 1.165) is 11.9 Å². The number of anilines is 2. The molecule has 2 N–H and O–H groups in total. The normalized spacial score (nSPS) is 15.5. The van der Waals surface area contributed by atoms with E-state index in [1.54, 1.807) is 6.07 Å². The molecule has 1 aliphatic rings. The number of carboxylic acids is 1. The van der Waals surface area contributed by atoms with Crippen molar-refractivity contribution in [1.82, 2.24) is 10.3 Å². The molecule has 12 nitrogen and oxygen atoms in total. The summed E-state index contributed by atoms with van der Waals surface area (Å²) >= 11 is 12.3. The maximum atomic E-state index is 14.0.